The first-order chi connectivity index (χ1) is 9.04. The summed E-state index contributed by atoms with van der Waals surface area (Å²) in [5.74, 6) is 1.59. The van der Waals surface area contributed by atoms with Crippen LogP contribution >= 0.6 is 31.9 Å². The number of nitrogens with one attached hydrogen (secondary N) is 1. The van der Waals surface area contributed by atoms with Gasteiger partial charge in [0.2, 0.25) is 0 Å². The molecule has 0 saturated heterocycles. The maximum absolute atomic E-state index is 5.72. The van der Waals surface area contributed by atoms with Crippen molar-refractivity contribution in [3.05, 3.63) is 21.1 Å². The minimum Gasteiger partial charge on any atom is -0.496 e. The van der Waals surface area contributed by atoms with Gasteiger partial charge in [-0.3, -0.25) is 0 Å². The number of rotatable bonds is 8. The fourth-order valence-electron chi connectivity index (χ4n) is 1.44. The van der Waals surface area contributed by atoms with E-state index < -0.39 is 0 Å². The third-order valence-electron chi connectivity index (χ3n) is 2.48. The summed E-state index contributed by atoms with van der Waals surface area (Å²) in [7, 11) is 5.76. The van der Waals surface area contributed by atoms with Crippen molar-refractivity contribution in [2.24, 2.45) is 0 Å². The summed E-state index contributed by atoms with van der Waals surface area (Å²) < 4.78 is 12.7. The van der Waals surface area contributed by atoms with Crippen LogP contribution in [0.1, 0.15) is 0 Å². The number of methoxy groups -OCH3 is 1. The zero-order chi connectivity index (χ0) is 14.3. The van der Waals surface area contributed by atoms with Crippen molar-refractivity contribution in [2.75, 3.05) is 47.4 Å². The summed E-state index contributed by atoms with van der Waals surface area (Å²) in [6.45, 7) is 3.44. The van der Waals surface area contributed by atoms with Crippen LogP contribution in [0, 0.1) is 0 Å². The fraction of sp³-hybridized carbons (Fsp3) is 0.538. The van der Waals surface area contributed by atoms with Crippen molar-refractivity contribution in [1.29, 1.82) is 0 Å². The van der Waals surface area contributed by atoms with Gasteiger partial charge in [-0.25, -0.2) is 0 Å². The van der Waals surface area contributed by atoms with Gasteiger partial charge in [0.25, 0.3) is 0 Å². The summed E-state index contributed by atoms with van der Waals surface area (Å²) in [5.41, 5.74) is 0. The van der Waals surface area contributed by atoms with Gasteiger partial charge in [0.1, 0.15) is 18.1 Å². The SMILES string of the molecule is COc1cc(Br)c(OCCNCCN(C)C)cc1Br. The molecule has 19 heavy (non-hydrogen) atoms. The highest BCUT2D eigenvalue weighted by atomic mass is 79.9. The Morgan fingerprint density at radius 1 is 1.11 bits per heavy atom. The molecule has 0 bridgehead atoms. The van der Waals surface area contributed by atoms with Gasteiger partial charge in [-0.15, -0.1) is 0 Å². The van der Waals surface area contributed by atoms with Crippen molar-refractivity contribution < 1.29 is 9.47 Å². The maximum Gasteiger partial charge on any atom is 0.134 e. The van der Waals surface area contributed by atoms with Gasteiger partial charge >= 0.3 is 0 Å². The molecule has 6 heteroatoms. The minimum absolute atomic E-state index is 0.630. The molecule has 1 aromatic rings. The van der Waals surface area contributed by atoms with E-state index in [1.54, 1.807) is 7.11 Å². The molecule has 0 amide bonds. The van der Waals surface area contributed by atoms with Crippen LogP contribution in [0.3, 0.4) is 0 Å². The van der Waals surface area contributed by atoms with Gasteiger partial charge in [-0.2, -0.15) is 0 Å². The number of ether oxygens (including phenoxy) is 2. The number of nitrogens with zero attached hydrogens (tertiary/aromatic N) is 1. The van der Waals surface area contributed by atoms with E-state index >= 15 is 0 Å². The third kappa shape index (κ3) is 6.12. The van der Waals surface area contributed by atoms with Gasteiger partial charge in [0.15, 0.2) is 0 Å². The topological polar surface area (TPSA) is 33.7 Å². The van der Waals surface area contributed by atoms with E-state index in [0.717, 1.165) is 40.1 Å². The molecule has 0 atom stereocenters. The van der Waals surface area contributed by atoms with Gasteiger partial charge in [-0.1, -0.05) is 0 Å². The second-order valence-corrected chi connectivity index (χ2v) is 6.03. The van der Waals surface area contributed by atoms with Crippen molar-refractivity contribution in [3.8, 4) is 11.5 Å². The van der Waals surface area contributed by atoms with Crippen LogP contribution in [0.4, 0.5) is 0 Å². The molecule has 4 nitrogen and oxygen atoms in total. The highest BCUT2D eigenvalue weighted by Gasteiger charge is 2.07. The molecule has 0 aliphatic carbocycles. The molecular formula is C13H20Br2N2O2. The van der Waals surface area contributed by atoms with Gasteiger partial charge in [-0.05, 0) is 58.1 Å². The molecule has 0 aromatic heterocycles. The van der Waals surface area contributed by atoms with Crippen molar-refractivity contribution in [3.63, 3.8) is 0 Å². The highest BCUT2D eigenvalue weighted by Crippen LogP contribution is 2.35. The Hall–Kier alpha value is -0.300. The number of benzene rings is 1. The quantitative estimate of drug-likeness (QED) is 0.686. The normalized spacial score (nSPS) is 10.8. The standard InChI is InChI=1S/C13H20Br2N2O2/c1-17(2)6-4-16-5-7-19-13-9-10(14)12(18-3)8-11(13)15/h8-9,16H,4-7H2,1-3H3. The number of hydrogen-bond donors (Lipinski definition) is 1. The summed E-state index contributed by atoms with van der Waals surface area (Å²) in [4.78, 5) is 2.14. The van der Waals surface area contributed by atoms with E-state index in [9.17, 15) is 0 Å². The van der Waals surface area contributed by atoms with Crippen LogP contribution in [0.5, 0.6) is 11.5 Å². The van der Waals surface area contributed by atoms with Crippen molar-refractivity contribution >= 4 is 31.9 Å². The Labute approximate surface area is 131 Å². The first-order valence-electron chi connectivity index (χ1n) is 6.06. The lowest BCUT2D eigenvalue weighted by Crippen LogP contribution is -2.29. The molecule has 0 heterocycles. The number of hydrogen-bond acceptors (Lipinski definition) is 4. The highest BCUT2D eigenvalue weighted by molar-refractivity contribution is 9.11. The van der Waals surface area contributed by atoms with Gasteiger partial charge in [0.05, 0.1) is 16.1 Å². The minimum atomic E-state index is 0.630. The molecule has 0 spiro atoms. The van der Waals surface area contributed by atoms with Gasteiger partial charge < -0.3 is 19.7 Å². The molecule has 0 unspecified atom stereocenters. The van der Waals surface area contributed by atoms with Crippen LogP contribution in [-0.4, -0.2) is 52.3 Å². The average Bonchev–Trinajstić information content (AvgIpc) is 2.36. The average molecular weight is 396 g/mol. The molecule has 108 valence electrons. The Morgan fingerprint density at radius 2 is 1.74 bits per heavy atom. The lowest BCUT2D eigenvalue weighted by Gasteiger charge is -2.13. The third-order valence-corrected chi connectivity index (χ3v) is 3.72. The number of likely N-dealkylation sites (N-methyl/N-ethyl adjacent to an activating group) is 1. The largest absolute Gasteiger partial charge is 0.496 e. The Balaban J connectivity index is 2.35. The zero-order valence-corrected chi connectivity index (χ0v) is 14.7. The molecule has 0 radical (unpaired) electrons. The molecule has 1 N–H and O–H groups in total. The summed E-state index contributed by atoms with van der Waals surface area (Å²) >= 11 is 6.92. The van der Waals surface area contributed by atoms with Crippen molar-refractivity contribution in [1.82, 2.24) is 10.2 Å². The summed E-state index contributed by atoms with van der Waals surface area (Å²) in [6, 6.07) is 3.79. The Bertz CT molecular complexity index is 400. The summed E-state index contributed by atoms with van der Waals surface area (Å²) in [6.07, 6.45) is 0. The van der Waals surface area contributed by atoms with Crippen LogP contribution in [-0.2, 0) is 0 Å². The number of halogens is 2. The lowest BCUT2D eigenvalue weighted by molar-refractivity contribution is 0.306. The lowest BCUT2D eigenvalue weighted by atomic mass is 10.3. The van der Waals surface area contributed by atoms with Crippen LogP contribution in [0.15, 0.2) is 21.1 Å². The zero-order valence-electron chi connectivity index (χ0n) is 11.5. The molecule has 0 saturated carbocycles. The molecule has 0 fully saturated rings. The fourth-order valence-corrected chi connectivity index (χ4v) is 2.36. The van der Waals surface area contributed by atoms with E-state index in [-0.39, 0.29) is 0 Å². The predicted octanol–water partition coefficient (Wildman–Crippen LogP) is 2.75. The Morgan fingerprint density at radius 3 is 2.37 bits per heavy atom. The molecule has 0 aliphatic rings. The first-order valence-corrected chi connectivity index (χ1v) is 7.64. The predicted molar refractivity (Wildman–Crippen MR) is 85.3 cm³/mol. The van der Waals surface area contributed by atoms with E-state index in [2.05, 4.69) is 56.2 Å². The van der Waals surface area contributed by atoms with Crippen molar-refractivity contribution in [2.45, 2.75) is 0 Å². The maximum atomic E-state index is 5.72. The van der Waals surface area contributed by atoms with Crippen LogP contribution in [0.2, 0.25) is 0 Å². The van der Waals surface area contributed by atoms with E-state index in [1.807, 2.05) is 12.1 Å². The molecule has 0 aliphatic heterocycles. The Kier molecular flexibility index (Phi) is 7.75. The smallest absolute Gasteiger partial charge is 0.134 e. The van der Waals surface area contributed by atoms with Gasteiger partial charge in [0, 0.05) is 19.6 Å². The molecule has 1 aromatic carbocycles. The monoisotopic (exact) mass is 394 g/mol. The summed E-state index contributed by atoms with van der Waals surface area (Å²) in [5, 5.41) is 3.33. The molecular weight excluding hydrogens is 376 g/mol. The van der Waals surface area contributed by atoms with E-state index in [4.69, 9.17) is 9.47 Å². The second kappa shape index (κ2) is 8.79. The van der Waals surface area contributed by atoms with E-state index in [1.165, 1.54) is 0 Å². The second-order valence-electron chi connectivity index (χ2n) is 4.32. The van der Waals surface area contributed by atoms with E-state index in [0.29, 0.717) is 6.61 Å². The molecule has 1 rings (SSSR count). The van der Waals surface area contributed by atoms with Crippen LogP contribution in [0.25, 0.3) is 0 Å². The van der Waals surface area contributed by atoms with Crippen LogP contribution < -0.4 is 14.8 Å². The first kappa shape index (κ1) is 16.8.